The first-order valence-corrected chi connectivity index (χ1v) is 10.6. The summed E-state index contributed by atoms with van der Waals surface area (Å²) in [6.45, 7) is 0. The van der Waals surface area contributed by atoms with Crippen LogP contribution in [0, 0.1) is 0 Å². The molecule has 3 aromatic carbocycles. The zero-order valence-electron chi connectivity index (χ0n) is 17.7. The predicted molar refractivity (Wildman–Crippen MR) is 128 cm³/mol. The van der Waals surface area contributed by atoms with Gasteiger partial charge < -0.3 is 14.6 Å². The summed E-state index contributed by atoms with van der Waals surface area (Å²) < 4.78 is 5.69. The number of hydrazone groups is 1. The lowest BCUT2D eigenvalue weighted by Crippen LogP contribution is -2.43. The first-order valence-electron chi connectivity index (χ1n) is 10.2. The molecule has 7 nitrogen and oxygen atoms in total. The van der Waals surface area contributed by atoms with Gasteiger partial charge in [0.25, 0.3) is 5.91 Å². The number of aliphatic hydroxyl groups is 1. The lowest BCUT2D eigenvalue weighted by molar-refractivity contribution is -0.136. The van der Waals surface area contributed by atoms with E-state index in [0.717, 1.165) is 0 Å². The minimum atomic E-state index is -1.95. The number of carboxylic acids is 1. The smallest absolute Gasteiger partial charge is 0.337 e. The van der Waals surface area contributed by atoms with Crippen LogP contribution < -0.4 is 5.43 Å². The third kappa shape index (κ3) is 4.61. The van der Waals surface area contributed by atoms with Crippen molar-refractivity contribution in [2.24, 2.45) is 5.10 Å². The molecule has 0 fully saturated rings. The molecule has 4 aromatic rings. The monoisotopic (exact) mass is 474 g/mol. The lowest BCUT2D eigenvalue weighted by Gasteiger charge is -2.26. The Morgan fingerprint density at radius 2 is 1.53 bits per heavy atom. The Labute approximate surface area is 199 Å². The minimum Gasteiger partial charge on any atom is -0.478 e. The van der Waals surface area contributed by atoms with Crippen LogP contribution in [0.1, 0.15) is 27.2 Å². The van der Waals surface area contributed by atoms with E-state index in [0.29, 0.717) is 28.2 Å². The number of halogens is 1. The van der Waals surface area contributed by atoms with Gasteiger partial charge in [0.1, 0.15) is 11.5 Å². The Hall–Kier alpha value is -4.20. The molecule has 0 aliphatic carbocycles. The summed E-state index contributed by atoms with van der Waals surface area (Å²) in [5.74, 6) is -1.08. The molecular formula is C26H19ClN2O5. The quantitative estimate of drug-likeness (QED) is 0.266. The molecule has 0 atom stereocenters. The van der Waals surface area contributed by atoms with E-state index < -0.39 is 17.5 Å². The Kier molecular flexibility index (Phi) is 6.58. The maximum absolute atomic E-state index is 13.0. The van der Waals surface area contributed by atoms with Crippen molar-refractivity contribution in [2.45, 2.75) is 5.60 Å². The van der Waals surface area contributed by atoms with Crippen LogP contribution in [0.5, 0.6) is 0 Å². The number of hydrogen-bond donors (Lipinski definition) is 3. The van der Waals surface area contributed by atoms with E-state index in [9.17, 15) is 14.7 Å². The highest BCUT2D eigenvalue weighted by Gasteiger charge is 2.39. The number of hydrogen-bond acceptors (Lipinski definition) is 5. The number of rotatable bonds is 7. The van der Waals surface area contributed by atoms with Gasteiger partial charge in [-0.2, -0.15) is 5.10 Å². The fourth-order valence-electron chi connectivity index (χ4n) is 3.44. The highest BCUT2D eigenvalue weighted by Crippen LogP contribution is 2.30. The number of furan rings is 1. The number of nitrogens with one attached hydrogen (secondary N) is 1. The summed E-state index contributed by atoms with van der Waals surface area (Å²) >= 11 is 6.02. The lowest BCUT2D eigenvalue weighted by atomic mass is 9.85. The van der Waals surface area contributed by atoms with Gasteiger partial charge in [-0.3, -0.25) is 4.79 Å². The highest BCUT2D eigenvalue weighted by atomic mass is 35.5. The summed E-state index contributed by atoms with van der Waals surface area (Å²) in [5.41, 5.74) is 1.81. The van der Waals surface area contributed by atoms with Crippen LogP contribution in [-0.2, 0) is 10.4 Å². The molecule has 1 amide bonds. The number of nitrogens with zero attached hydrogens (tertiary/aromatic N) is 1. The molecule has 170 valence electrons. The molecule has 0 saturated heterocycles. The van der Waals surface area contributed by atoms with Gasteiger partial charge in [-0.15, -0.1) is 0 Å². The molecule has 8 heteroatoms. The third-order valence-corrected chi connectivity index (χ3v) is 5.49. The Bertz CT molecular complexity index is 1310. The predicted octanol–water partition coefficient (Wildman–Crippen LogP) is 4.68. The Morgan fingerprint density at radius 1 is 0.912 bits per heavy atom. The zero-order valence-corrected chi connectivity index (χ0v) is 18.4. The molecule has 1 heterocycles. The molecule has 0 radical (unpaired) electrons. The van der Waals surface area contributed by atoms with Crippen LogP contribution in [0.2, 0.25) is 5.02 Å². The van der Waals surface area contributed by atoms with Gasteiger partial charge >= 0.3 is 5.97 Å². The molecule has 3 N–H and O–H groups in total. The number of benzene rings is 3. The van der Waals surface area contributed by atoms with Crippen molar-refractivity contribution >= 4 is 29.7 Å². The van der Waals surface area contributed by atoms with Crippen LogP contribution in [0.25, 0.3) is 11.3 Å². The summed E-state index contributed by atoms with van der Waals surface area (Å²) in [7, 11) is 0. The molecule has 0 spiro atoms. The summed E-state index contributed by atoms with van der Waals surface area (Å²) in [6, 6.07) is 24.9. The Morgan fingerprint density at radius 3 is 2.09 bits per heavy atom. The van der Waals surface area contributed by atoms with E-state index in [1.807, 2.05) is 0 Å². The average molecular weight is 475 g/mol. The molecule has 0 bridgehead atoms. The van der Waals surface area contributed by atoms with E-state index in [1.54, 1.807) is 78.9 Å². The van der Waals surface area contributed by atoms with Crippen molar-refractivity contribution in [1.29, 1.82) is 0 Å². The largest absolute Gasteiger partial charge is 0.478 e. The second-order valence-electron chi connectivity index (χ2n) is 7.34. The van der Waals surface area contributed by atoms with Gasteiger partial charge in [-0.25, -0.2) is 10.2 Å². The molecular weight excluding hydrogens is 456 g/mol. The van der Waals surface area contributed by atoms with E-state index >= 15 is 0 Å². The fourth-order valence-corrected chi connectivity index (χ4v) is 3.70. The van der Waals surface area contributed by atoms with E-state index in [1.165, 1.54) is 18.3 Å². The maximum atomic E-state index is 13.0. The Balaban J connectivity index is 1.53. The van der Waals surface area contributed by atoms with Crippen LogP contribution >= 0.6 is 11.6 Å². The van der Waals surface area contributed by atoms with Gasteiger partial charge in [0.05, 0.1) is 16.8 Å². The second-order valence-corrected chi connectivity index (χ2v) is 7.75. The second kappa shape index (κ2) is 9.74. The number of amides is 1. The van der Waals surface area contributed by atoms with Crippen LogP contribution in [-0.4, -0.2) is 28.3 Å². The zero-order chi connectivity index (χ0) is 24.1. The van der Waals surface area contributed by atoms with Gasteiger partial charge in [0.2, 0.25) is 0 Å². The normalized spacial score (nSPS) is 11.5. The van der Waals surface area contributed by atoms with Gasteiger partial charge in [-0.1, -0.05) is 78.3 Å². The topological polar surface area (TPSA) is 112 Å². The van der Waals surface area contributed by atoms with E-state index in [4.69, 9.17) is 21.1 Å². The van der Waals surface area contributed by atoms with Gasteiger partial charge in [-0.05, 0) is 35.4 Å². The molecule has 0 aliphatic rings. The van der Waals surface area contributed by atoms with Crippen molar-refractivity contribution < 1.29 is 24.2 Å². The summed E-state index contributed by atoms with van der Waals surface area (Å²) in [4.78, 5) is 24.2. The van der Waals surface area contributed by atoms with Gasteiger partial charge in [0.15, 0.2) is 5.60 Å². The first kappa shape index (κ1) is 23.0. The maximum Gasteiger partial charge on any atom is 0.337 e. The van der Waals surface area contributed by atoms with Crippen LogP contribution in [0.3, 0.4) is 0 Å². The molecule has 34 heavy (non-hydrogen) atoms. The summed E-state index contributed by atoms with van der Waals surface area (Å²) in [6.07, 6.45) is 1.30. The van der Waals surface area contributed by atoms with Crippen molar-refractivity contribution in [3.05, 3.63) is 118 Å². The van der Waals surface area contributed by atoms with Crippen LogP contribution in [0.4, 0.5) is 0 Å². The molecule has 1 aromatic heterocycles. The van der Waals surface area contributed by atoms with Crippen molar-refractivity contribution in [2.75, 3.05) is 0 Å². The highest BCUT2D eigenvalue weighted by molar-refractivity contribution is 6.33. The molecule has 0 aliphatic heterocycles. The summed E-state index contributed by atoms with van der Waals surface area (Å²) in [5, 5.41) is 24.5. The number of aromatic carboxylic acids is 1. The number of carbonyl (C=O) groups excluding carboxylic acids is 1. The van der Waals surface area contributed by atoms with Crippen molar-refractivity contribution in [3.8, 4) is 11.3 Å². The van der Waals surface area contributed by atoms with Crippen molar-refractivity contribution in [3.63, 3.8) is 0 Å². The average Bonchev–Trinajstić information content (AvgIpc) is 3.33. The van der Waals surface area contributed by atoms with Gasteiger partial charge in [0, 0.05) is 5.56 Å². The fraction of sp³-hybridized carbons (Fsp3) is 0.0385. The number of carbonyl (C=O) groups is 2. The van der Waals surface area contributed by atoms with E-state index in [2.05, 4.69) is 10.5 Å². The molecule has 4 rings (SSSR count). The first-order chi connectivity index (χ1) is 16.4. The number of carboxylic acid groups (broad SMARTS) is 1. The van der Waals surface area contributed by atoms with Crippen molar-refractivity contribution in [1.82, 2.24) is 5.43 Å². The van der Waals surface area contributed by atoms with Crippen LogP contribution in [0.15, 0.2) is 101 Å². The molecule has 0 saturated carbocycles. The standard InChI is InChI=1S/C26H19ClN2O5/c27-22-15-17(11-13-21(22)24(30)31)23-14-12-20(34-23)16-28-29-25(32)26(33,18-7-3-1-4-8-18)19-9-5-2-6-10-19/h1-16,33H,(H,29,32)(H,30,31)/b28-16+. The third-order valence-electron chi connectivity index (χ3n) is 5.18. The SMILES string of the molecule is O=C(O)c1ccc(-c2ccc(/C=N/NC(=O)C(O)(c3ccccc3)c3ccccc3)o2)cc1Cl. The minimum absolute atomic E-state index is 0.00853. The molecule has 0 unspecified atom stereocenters. The van der Waals surface area contributed by atoms with E-state index in [-0.39, 0.29) is 10.6 Å².